The van der Waals surface area contributed by atoms with Crippen LogP contribution in [0.25, 0.3) is 0 Å². The van der Waals surface area contributed by atoms with Crippen molar-refractivity contribution in [3.63, 3.8) is 0 Å². The SMILES string of the molecule is O=S(=O)(c1cc(Cl)ccc1Cl)N1CCCCC(c2ccc(Cl)cc2)C1. The zero-order valence-corrected chi connectivity index (χ0v) is 16.5. The highest BCUT2D eigenvalue weighted by atomic mass is 35.5. The molecule has 1 unspecified atom stereocenters. The lowest BCUT2D eigenvalue weighted by molar-refractivity contribution is 0.406. The Labute approximate surface area is 163 Å². The lowest BCUT2D eigenvalue weighted by Crippen LogP contribution is -2.34. The van der Waals surface area contributed by atoms with Crippen LogP contribution in [-0.4, -0.2) is 25.8 Å². The highest BCUT2D eigenvalue weighted by molar-refractivity contribution is 7.89. The van der Waals surface area contributed by atoms with E-state index in [1.54, 1.807) is 6.07 Å². The second-order valence-electron chi connectivity index (χ2n) is 6.18. The zero-order valence-electron chi connectivity index (χ0n) is 13.5. The van der Waals surface area contributed by atoms with Gasteiger partial charge in [-0.05, 0) is 54.7 Å². The topological polar surface area (TPSA) is 37.4 Å². The summed E-state index contributed by atoms with van der Waals surface area (Å²) in [5, 5.41) is 1.22. The maximum atomic E-state index is 13.1. The monoisotopic (exact) mass is 417 g/mol. The van der Waals surface area contributed by atoms with Crippen LogP contribution in [0, 0.1) is 0 Å². The summed E-state index contributed by atoms with van der Waals surface area (Å²) in [6.45, 7) is 0.905. The zero-order chi connectivity index (χ0) is 18.0. The van der Waals surface area contributed by atoms with E-state index in [1.807, 2.05) is 24.3 Å². The van der Waals surface area contributed by atoms with Gasteiger partial charge in [-0.2, -0.15) is 4.31 Å². The van der Waals surface area contributed by atoms with E-state index in [0.717, 1.165) is 24.8 Å². The third-order valence-electron chi connectivity index (χ3n) is 4.49. The highest BCUT2D eigenvalue weighted by Crippen LogP contribution is 2.33. The molecule has 134 valence electrons. The van der Waals surface area contributed by atoms with Crippen molar-refractivity contribution < 1.29 is 8.42 Å². The van der Waals surface area contributed by atoms with Crippen molar-refractivity contribution in [2.75, 3.05) is 13.1 Å². The lowest BCUT2D eigenvalue weighted by atomic mass is 9.95. The number of hydrogen-bond donors (Lipinski definition) is 0. The van der Waals surface area contributed by atoms with Crippen molar-refractivity contribution in [1.82, 2.24) is 4.31 Å². The molecule has 7 heteroatoms. The summed E-state index contributed by atoms with van der Waals surface area (Å²) in [7, 11) is -3.70. The molecule has 0 bridgehead atoms. The van der Waals surface area contributed by atoms with E-state index in [9.17, 15) is 8.42 Å². The molecule has 1 aliphatic rings. The van der Waals surface area contributed by atoms with E-state index >= 15 is 0 Å². The maximum absolute atomic E-state index is 13.1. The van der Waals surface area contributed by atoms with Gasteiger partial charge in [-0.25, -0.2) is 8.42 Å². The van der Waals surface area contributed by atoms with Gasteiger partial charge in [-0.15, -0.1) is 0 Å². The van der Waals surface area contributed by atoms with Crippen LogP contribution >= 0.6 is 34.8 Å². The second kappa shape index (κ2) is 7.85. The number of rotatable bonds is 3. The molecule has 25 heavy (non-hydrogen) atoms. The van der Waals surface area contributed by atoms with Crippen LogP contribution < -0.4 is 0 Å². The Hall–Kier alpha value is -0.780. The molecule has 3 rings (SSSR count). The standard InChI is InChI=1S/C18H18Cl3NO2S/c19-15-6-4-13(5-7-15)14-3-1-2-10-22(12-14)25(23,24)18-11-16(20)8-9-17(18)21/h4-9,11,14H,1-3,10,12H2. The Morgan fingerprint density at radius 2 is 1.60 bits per heavy atom. The molecule has 2 aromatic carbocycles. The van der Waals surface area contributed by atoms with Gasteiger partial charge in [0.1, 0.15) is 4.90 Å². The summed E-state index contributed by atoms with van der Waals surface area (Å²) in [5.41, 5.74) is 1.10. The van der Waals surface area contributed by atoms with Crippen LogP contribution in [0.4, 0.5) is 0 Å². The fourth-order valence-corrected chi connectivity index (χ4v) is 5.53. The summed E-state index contributed by atoms with van der Waals surface area (Å²) in [6, 6.07) is 12.1. The van der Waals surface area contributed by atoms with Crippen molar-refractivity contribution in [2.24, 2.45) is 0 Å². The number of benzene rings is 2. The predicted octanol–water partition coefficient (Wildman–Crippen LogP) is 5.61. The molecule has 3 nitrogen and oxygen atoms in total. The fourth-order valence-electron chi connectivity index (χ4n) is 3.15. The third kappa shape index (κ3) is 4.32. The van der Waals surface area contributed by atoms with Gasteiger partial charge in [0.25, 0.3) is 0 Å². The molecule has 1 aliphatic heterocycles. The van der Waals surface area contributed by atoms with Crippen molar-refractivity contribution >= 4 is 44.8 Å². The molecule has 2 aromatic rings. The van der Waals surface area contributed by atoms with Gasteiger partial charge in [-0.1, -0.05) is 53.4 Å². The molecule has 0 aromatic heterocycles. The normalized spacial score (nSPS) is 19.6. The highest BCUT2D eigenvalue weighted by Gasteiger charge is 2.31. The van der Waals surface area contributed by atoms with Crippen LogP contribution in [0.1, 0.15) is 30.7 Å². The van der Waals surface area contributed by atoms with Crippen LogP contribution in [0.15, 0.2) is 47.4 Å². The van der Waals surface area contributed by atoms with Gasteiger partial charge in [0.05, 0.1) is 5.02 Å². The molecule has 1 heterocycles. The predicted molar refractivity (Wildman–Crippen MR) is 103 cm³/mol. The van der Waals surface area contributed by atoms with E-state index in [4.69, 9.17) is 34.8 Å². The van der Waals surface area contributed by atoms with Gasteiger partial charge in [-0.3, -0.25) is 0 Å². The Morgan fingerprint density at radius 1 is 0.920 bits per heavy atom. The van der Waals surface area contributed by atoms with Crippen LogP contribution in [0.3, 0.4) is 0 Å². The average molecular weight is 419 g/mol. The van der Waals surface area contributed by atoms with Gasteiger partial charge < -0.3 is 0 Å². The van der Waals surface area contributed by atoms with E-state index in [2.05, 4.69) is 0 Å². The molecule has 0 spiro atoms. The van der Waals surface area contributed by atoms with Crippen molar-refractivity contribution in [3.05, 3.63) is 63.1 Å². The minimum Gasteiger partial charge on any atom is -0.207 e. The van der Waals surface area contributed by atoms with Gasteiger partial charge in [0.15, 0.2) is 0 Å². The number of nitrogens with zero attached hydrogens (tertiary/aromatic N) is 1. The van der Waals surface area contributed by atoms with Crippen molar-refractivity contribution in [2.45, 2.75) is 30.1 Å². The summed E-state index contributed by atoms with van der Waals surface area (Å²) in [5.74, 6) is 0.132. The fraction of sp³-hybridized carbons (Fsp3) is 0.333. The molecule has 0 radical (unpaired) electrons. The molecule has 0 amide bonds. The molecular weight excluding hydrogens is 401 g/mol. The Balaban J connectivity index is 1.92. The van der Waals surface area contributed by atoms with Crippen molar-refractivity contribution in [3.8, 4) is 0 Å². The largest absolute Gasteiger partial charge is 0.244 e. The van der Waals surface area contributed by atoms with Gasteiger partial charge in [0, 0.05) is 23.1 Å². The molecule has 0 aliphatic carbocycles. The van der Waals surface area contributed by atoms with E-state index in [-0.39, 0.29) is 15.8 Å². The van der Waals surface area contributed by atoms with E-state index < -0.39 is 10.0 Å². The average Bonchev–Trinajstić information content (AvgIpc) is 2.84. The first kappa shape index (κ1) is 19.0. The number of sulfonamides is 1. The van der Waals surface area contributed by atoms with Crippen LogP contribution in [0.2, 0.25) is 15.1 Å². The minimum absolute atomic E-state index is 0.0680. The second-order valence-corrected chi connectivity index (χ2v) is 9.37. The lowest BCUT2D eigenvalue weighted by Gasteiger charge is -2.25. The quantitative estimate of drug-likeness (QED) is 0.650. The van der Waals surface area contributed by atoms with Crippen LogP contribution in [-0.2, 0) is 10.0 Å². The Morgan fingerprint density at radius 3 is 2.32 bits per heavy atom. The van der Waals surface area contributed by atoms with E-state index in [1.165, 1.54) is 16.4 Å². The molecule has 0 saturated carbocycles. The molecule has 1 atom stereocenters. The third-order valence-corrected chi connectivity index (χ3v) is 7.32. The van der Waals surface area contributed by atoms with Gasteiger partial charge in [0.2, 0.25) is 10.0 Å². The number of halogens is 3. The first-order chi connectivity index (χ1) is 11.9. The first-order valence-corrected chi connectivity index (χ1v) is 10.7. The van der Waals surface area contributed by atoms with Crippen LogP contribution in [0.5, 0.6) is 0 Å². The van der Waals surface area contributed by atoms with E-state index in [0.29, 0.717) is 23.1 Å². The summed E-state index contributed by atoms with van der Waals surface area (Å²) >= 11 is 18.1. The summed E-state index contributed by atoms with van der Waals surface area (Å²) < 4.78 is 27.7. The van der Waals surface area contributed by atoms with Crippen molar-refractivity contribution in [1.29, 1.82) is 0 Å². The first-order valence-electron chi connectivity index (χ1n) is 8.08. The molecule has 1 saturated heterocycles. The summed E-state index contributed by atoms with van der Waals surface area (Å²) in [4.78, 5) is 0.0680. The molecular formula is C18H18Cl3NO2S. The summed E-state index contributed by atoms with van der Waals surface area (Å²) in [6.07, 6.45) is 2.74. The smallest absolute Gasteiger partial charge is 0.207 e. The number of hydrogen-bond acceptors (Lipinski definition) is 2. The molecule has 0 N–H and O–H groups in total. The Kier molecular flexibility index (Phi) is 5.96. The maximum Gasteiger partial charge on any atom is 0.244 e. The Bertz CT molecular complexity index is 853. The van der Waals surface area contributed by atoms with Gasteiger partial charge >= 0.3 is 0 Å². The minimum atomic E-state index is -3.70. The molecule has 1 fully saturated rings.